The second-order valence-electron chi connectivity index (χ2n) is 4.34. The third-order valence-corrected chi connectivity index (χ3v) is 2.45. The van der Waals surface area contributed by atoms with Gasteiger partial charge in [0, 0.05) is 26.3 Å². The van der Waals surface area contributed by atoms with Crippen LogP contribution in [-0.4, -0.2) is 59.1 Å². The summed E-state index contributed by atoms with van der Waals surface area (Å²) in [6, 6.07) is 0. The number of nitrogens with zero attached hydrogens (tertiary/aromatic N) is 3. The largest absolute Gasteiger partial charge is 0.405 e. The van der Waals surface area contributed by atoms with Crippen LogP contribution in [0.2, 0.25) is 0 Å². The Morgan fingerprint density at radius 1 is 1.48 bits per heavy atom. The highest BCUT2D eigenvalue weighted by molar-refractivity contribution is 5.94. The number of aromatic nitrogens is 2. The number of likely N-dealkylation sites (N-methyl/N-ethyl adjacent to an activating group) is 1. The Bertz CT molecular complexity index is 500. The van der Waals surface area contributed by atoms with E-state index < -0.39 is 31.1 Å². The van der Waals surface area contributed by atoms with Crippen molar-refractivity contribution in [1.29, 1.82) is 0 Å². The number of carbonyl (C=O) groups excluding carboxylic acids is 2. The molecule has 1 heterocycles. The van der Waals surface area contributed by atoms with Gasteiger partial charge in [0.05, 0.1) is 12.9 Å². The van der Waals surface area contributed by atoms with E-state index >= 15 is 0 Å². The van der Waals surface area contributed by atoms with Crippen LogP contribution in [-0.2, 0) is 11.3 Å². The number of hydrogen-bond donors (Lipinski definition) is 2. The number of imidazole rings is 1. The van der Waals surface area contributed by atoms with Crippen molar-refractivity contribution in [3.63, 3.8) is 0 Å². The van der Waals surface area contributed by atoms with Crippen LogP contribution < -0.4 is 11.1 Å². The summed E-state index contributed by atoms with van der Waals surface area (Å²) in [6.45, 7) is -1.06. The van der Waals surface area contributed by atoms with Gasteiger partial charge in [0.1, 0.15) is 12.2 Å². The molecular weight excluding hydrogens is 291 g/mol. The topological polar surface area (TPSA) is 93.2 Å². The van der Waals surface area contributed by atoms with E-state index in [1.807, 2.05) is 0 Å². The number of nitrogens with one attached hydrogen (secondary N) is 1. The number of amides is 2. The Morgan fingerprint density at radius 3 is 2.71 bits per heavy atom. The molecule has 0 spiro atoms. The normalized spacial score (nSPS) is 11.3. The zero-order valence-electron chi connectivity index (χ0n) is 11.4. The molecule has 0 aliphatic heterocycles. The van der Waals surface area contributed by atoms with Crippen LogP contribution in [0.5, 0.6) is 0 Å². The van der Waals surface area contributed by atoms with Crippen LogP contribution in [0.25, 0.3) is 0 Å². The average Bonchev–Trinajstić information content (AvgIpc) is 2.83. The number of carbonyl (C=O) groups is 2. The first-order valence-corrected chi connectivity index (χ1v) is 6.03. The monoisotopic (exact) mass is 307 g/mol. The number of hydrogen-bond acceptors (Lipinski definition) is 4. The molecule has 2 amide bonds. The fraction of sp³-hybridized carbons (Fsp3) is 0.545. The van der Waals surface area contributed by atoms with Gasteiger partial charge in [0.15, 0.2) is 0 Å². The number of rotatable bonds is 6. The summed E-state index contributed by atoms with van der Waals surface area (Å²) < 4.78 is 37.4. The van der Waals surface area contributed by atoms with E-state index in [1.165, 1.54) is 19.6 Å². The predicted octanol–water partition coefficient (Wildman–Crippen LogP) is -0.408. The molecule has 0 radical (unpaired) electrons. The lowest BCUT2D eigenvalue weighted by Crippen LogP contribution is -2.41. The second kappa shape index (κ2) is 7.07. The molecule has 1 aromatic heterocycles. The Hall–Kier alpha value is -2.10. The number of alkyl halides is 3. The molecule has 0 aromatic carbocycles. The Balaban J connectivity index is 2.51. The van der Waals surface area contributed by atoms with Gasteiger partial charge in [-0.05, 0) is 0 Å². The van der Waals surface area contributed by atoms with Crippen molar-refractivity contribution in [1.82, 2.24) is 19.8 Å². The first kappa shape index (κ1) is 17.0. The molecule has 118 valence electrons. The van der Waals surface area contributed by atoms with Crippen molar-refractivity contribution in [3.8, 4) is 0 Å². The summed E-state index contributed by atoms with van der Waals surface area (Å²) >= 11 is 0. The smallest absolute Gasteiger partial charge is 0.345 e. The maximum Gasteiger partial charge on any atom is 0.405 e. The van der Waals surface area contributed by atoms with Crippen molar-refractivity contribution >= 4 is 11.8 Å². The van der Waals surface area contributed by atoms with Crippen LogP contribution in [0.1, 0.15) is 10.5 Å². The second-order valence-corrected chi connectivity index (χ2v) is 4.34. The van der Waals surface area contributed by atoms with Gasteiger partial charge in [-0.2, -0.15) is 13.2 Å². The number of nitrogens with two attached hydrogens (primary N) is 1. The fourth-order valence-corrected chi connectivity index (χ4v) is 1.48. The molecule has 3 N–H and O–H groups in total. The lowest BCUT2D eigenvalue weighted by atomic mass is 10.4. The first-order chi connectivity index (χ1) is 9.73. The molecule has 0 fully saturated rings. The zero-order chi connectivity index (χ0) is 16.0. The minimum Gasteiger partial charge on any atom is -0.345 e. The molecular formula is C11H16F3N5O2. The highest BCUT2D eigenvalue weighted by atomic mass is 19.4. The van der Waals surface area contributed by atoms with Gasteiger partial charge >= 0.3 is 6.18 Å². The summed E-state index contributed by atoms with van der Waals surface area (Å²) in [5, 5.41) is 1.69. The molecule has 7 nitrogen and oxygen atoms in total. The first-order valence-electron chi connectivity index (χ1n) is 6.03. The summed E-state index contributed by atoms with van der Waals surface area (Å²) in [4.78, 5) is 28.1. The standard InChI is InChI=1S/C11H16F3N5O2/c1-18(5-9(20)16-6-11(12,13)14)10(21)8-4-19(3-2-15)7-17-8/h4,7H,2-3,5-6,15H2,1H3,(H,16,20). The van der Waals surface area contributed by atoms with Crippen molar-refractivity contribution in [3.05, 3.63) is 18.2 Å². The minimum absolute atomic E-state index is 0.0922. The third-order valence-electron chi connectivity index (χ3n) is 2.45. The Kier molecular flexibility index (Phi) is 5.70. The van der Waals surface area contributed by atoms with E-state index in [4.69, 9.17) is 5.73 Å². The highest BCUT2D eigenvalue weighted by Gasteiger charge is 2.28. The summed E-state index contributed by atoms with van der Waals surface area (Å²) in [7, 11) is 1.30. The van der Waals surface area contributed by atoms with Crippen LogP contribution in [0.4, 0.5) is 13.2 Å². The molecule has 1 rings (SSSR count). The van der Waals surface area contributed by atoms with Crippen molar-refractivity contribution in [2.45, 2.75) is 12.7 Å². The van der Waals surface area contributed by atoms with Crippen molar-refractivity contribution < 1.29 is 22.8 Å². The molecule has 0 unspecified atom stereocenters. The van der Waals surface area contributed by atoms with Gasteiger partial charge < -0.3 is 20.5 Å². The average molecular weight is 307 g/mol. The van der Waals surface area contributed by atoms with Gasteiger partial charge in [0.25, 0.3) is 5.91 Å². The van der Waals surface area contributed by atoms with Crippen LogP contribution in [0.3, 0.4) is 0 Å². The Labute approximate surface area is 118 Å². The number of halogens is 3. The summed E-state index contributed by atoms with van der Waals surface area (Å²) in [5.41, 5.74) is 5.44. The lowest BCUT2D eigenvalue weighted by molar-refractivity contribution is -0.138. The van der Waals surface area contributed by atoms with Gasteiger partial charge in [-0.15, -0.1) is 0 Å². The highest BCUT2D eigenvalue weighted by Crippen LogP contribution is 2.12. The maximum absolute atomic E-state index is 11.9. The maximum atomic E-state index is 11.9. The molecule has 21 heavy (non-hydrogen) atoms. The Morgan fingerprint density at radius 2 is 2.14 bits per heavy atom. The molecule has 10 heteroatoms. The summed E-state index contributed by atoms with van der Waals surface area (Å²) in [5.74, 6) is -1.46. The molecule has 0 saturated heterocycles. The summed E-state index contributed by atoms with van der Waals surface area (Å²) in [6.07, 6.45) is -1.61. The molecule has 1 aromatic rings. The van der Waals surface area contributed by atoms with Crippen LogP contribution in [0, 0.1) is 0 Å². The van der Waals surface area contributed by atoms with Crippen molar-refractivity contribution in [2.24, 2.45) is 5.73 Å². The molecule has 0 saturated carbocycles. The van der Waals surface area contributed by atoms with Gasteiger partial charge in [-0.1, -0.05) is 0 Å². The van der Waals surface area contributed by atoms with Gasteiger partial charge in [-0.3, -0.25) is 9.59 Å². The van der Waals surface area contributed by atoms with Crippen LogP contribution >= 0.6 is 0 Å². The molecule has 0 bridgehead atoms. The van der Waals surface area contributed by atoms with Crippen LogP contribution in [0.15, 0.2) is 12.5 Å². The van der Waals surface area contributed by atoms with E-state index in [0.29, 0.717) is 13.1 Å². The SMILES string of the molecule is CN(CC(=O)NCC(F)(F)F)C(=O)c1cn(CCN)cn1. The molecule has 0 aliphatic carbocycles. The van der Waals surface area contributed by atoms with Gasteiger partial charge in [-0.25, -0.2) is 4.98 Å². The zero-order valence-corrected chi connectivity index (χ0v) is 11.4. The van der Waals surface area contributed by atoms with Crippen molar-refractivity contribution in [2.75, 3.05) is 26.7 Å². The lowest BCUT2D eigenvalue weighted by Gasteiger charge is -2.16. The predicted molar refractivity (Wildman–Crippen MR) is 67.3 cm³/mol. The van der Waals surface area contributed by atoms with E-state index in [1.54, 1.807) is 9.88 Å². The fourth-order valence-electron chi connectivity index (χ4n) is 1.48. The van der Waals surface area contributed by atoms with Gasteiger partial charge in [0.2, 0.25) is 5.91 Å². The quantitative estimate of drug-likeness (QED) is 0.747. The minimum atomic E-state index is -4.49. The van der Waals surface area contributed by atoms with E-state index in [0.717, 1.165) is 4.90 Å². The van der Waals surface area contributed by atoms with E-state index in [-0.39, 0.29) is 5.69 Å². The third kappa shape index (κ3) is 5.81. The van der Waals surface area contributed by atoms with E-state index in [2.05, 4.69) is 4.98 Å². The van der Waals surface area contributed by atoms with E-state index in [9.17, 15) is 22.8 Å². The molecule has 0 aliphatic rings. The molecule has 0 atom stereocenters.